The van der Waals surface area contributed by atoms with Gasteiger partial charge in [0.1, 0.15) is 17.4 Å². The molecule has 0 amide bonds. The lowest BCUT2D eigenvalue weighted by molar-refractivity contribution is 0.474. The fraction of sp³-hybridized carbons (Fsp3) is 0. The monoisotopic (exact) mass is 514 g/mol. The van der Waals surface area contributed by atoms with E-state index in [1.54, 1.807) is 35.4 Å². The Balaban J connectivity index is 1.45. The van der Waals surface area contributed by atoms with Crippen LogP contribution in [-0.2, 0) is 0 Å². The summed E-state index contributed by atoms with van der Waals surface area (Å²) in [5.41, 5.74) is 4.18. The third kappa shape index (κ3) is 4.89. The molecule has 6 nitrogen and oxygen atoms in total. The van der Waals surface area contributed by atoms with Gasteiger partial charge >= 0.3 is 0 Å². The molecule has 0 saturated carbocycles. The standard InChI is InChI=1S/C23H13ClF2N4O2S2/c24-16-6-21(34-30-23-11-33-12-29-23)17(25)7-19(16)32-20-9-27-18(13-1-2-22(26)28-8-13)5-15(20)14-3-4-31-10-14/h1-12,30H. The van der Waals surface area contributed by atoms with Crippen molar-refractivity contribution in [3.8, 4) is 33.9 Å². The van der Waals surface area contributed by atoms with Crippen molar-refractivity contribution in [1.82, 2.24) is 15.0 Å². The summed E-state index contributed by atoms with van der Waals surface area (Å²) in [4.78, 5) is 12.5. The Morgan fingerprint density at radius 1 is 1.00 bits per heavy atom. The fourth-order valence-corrected chi connectivity index (χ4v) is 4.49. The van der Waals surface area contributed by atoms with Crippen LogP contribution in [0.1, 0.15) is 0 Å². The highest BCUT2D eigenvalue weighted by atomic mass is 35.5. The normalized spacial score (nSPS) is 10.9. The SMILES string of the molecule is Fc1ccc(-c2cc(-c3ccoc3)c(Oc3cc(F)c(SNc4cscn4)cc3Cl)cn2)cn1. The first-order valence-electron chi connectivity index (χ1n) is 9.69. The van der Waals surface area contributed by atoms with E-state index in [1.165, 1.54) is 48.2 Å². The number of nitrogens with one attached hydrogen (secondary N) is 1. The summed E-state index contributed by atoms with van der Waals surface area (Å²) >= 11 is 8.89. The summed E-state index contributed by atoms with van der Waals surface area (Å²) in [6.07, 6.45) is 5.94. The molecule has 1 N–H and O–H groups in total. The van der Waals surface area contributed by atoms with Crippen LogP contribution in [-0.4, -0.2) is 15.0 Å². The number of rotatable bonds is 7. The molecule has 0 bridgehead atoms. The minimum Gasteiger partial charge on any atom is -0.472 e. The van der Waals surface area contributed by atoms with Crippen molar-refractivity contribution in [2.45, 2.75) is 4.90 Å². The van der Waals surface area contributed by atoms with E-state index in [9.17, 15) is 8.78 Å². The number of hydrogen-bond donors (Lipinski definition) is 1. The van der Waals surface area contributed by atoms with E-state index in [1.807, 2.05) is 0 Å². The predicted octanol–water partition coefficient (Wildman–Crippen LogP) is 7.70. The molecule has 0 saturated heterocycles. The van der Waals surface area contributed by atoms with Crippen LogP contribution in [0, 0.1) is 11.8 Å². The van der Waals surface area contributed by atoms with Gasteiger partial charge in [0.15, 0.2) is 5.75 Å². The second-order valence-electron chi connectivity index (χ2n) is 6.84. The topological polar surface area (TPSA) is 73.1 Å². The number of pyridine rings is 2. The van der Waals surface area contributed by atoms with Crippen LogP contribution < -0.4 is 9.46 Å². The van der Waals surface area contributed by atoms with E-state index in [2.05, 4.69) is 19.7 Å². The zero-order chi connectivity index (χ0) is 23.5. The summed E-state index contributed by atoms with van der Waals surface area (Å²) in [6, 6.07) is 9.02. The lowest BCUT2D eigenvalue weighted by Gasteiger charge is -2.14. The first-order valence-corrected chi connectivity index (χ1v) is 11.8. The molecule has 0 fully saturated rings. The number of aromatic nitrogens is 3. The first-order chi connectivity index (χ1) is 16.6. The third-order valence-electron chi connectivity index (χ3n) is 4.63. The highest BCUT2D eigenvalue weighted by Gasteiger charge is 2.16. The number of nitrogens with zero attached hydrogens (tertiary/aromatic N) is 3. The first kappa shape index (κ1) is 22.3. The van der Waals surface area contributed by atoms with Crippen molar-refractivity contribution in [1.29, 1.82) is 0 Å². The Hall–Kier alpha value is -3.47. The van der Waals surface area contributed by atoms with Gasteiger partial charge in [0, 0.05) is 34.3 Å². The molecule has 11 heteroatoms. The third-order valence-corrected chi connectivity index (χ3v) is 6.35. The molecule has 34 heavy (non-hydrogen) atoms. The minimum atomic E-state index is -0.584. The van der Waals surface area contributed by atoms with Gasteiger partial charge in [-0.1, -0.05) is 11.6 Å². The second kappa shape index (κ2) is 9.80. The highest BCUT2D eigenvalue weighted by Crippen LogP contribution is 2.40. The van der Waals surface area contributed by atoms with Crippen molar-refractivity contribution in [2.24, 2.45) is 0 Å². The Labute approximate surface area is 205 Å². The molecule has 5 aromatic rings. The van der Waals surface area contributed by atoms with Crippen LogP contribution >= 0.6 is 34.9 Å². The van der Waals surface area contributed by atoms with E-state index in [-0.39, 0.29) is 15.7 Å². The summed E-state index contributed by atoms with van der Waals surface area (Å²) in [5, 5.41) is 2.02. The maximum absolute atomic E-state index is 14.8. The highest BCUT2D eigenvalue weighted by molar-refractivity contribution is 8.00. The number of hydrogen-bond acceptors (Lipinski definition) is 8. The molecule has 0 aliphatic heterocycles. The van der Waals surface area contributed by atoms with Gasteiger partial charge in [-0.15, -0.1) is 11.3 Å². The van der Waals surface area contributed by atoms with E-state index >= 15 is 0 Å². The molecule has 0 aliphatic carbocycles. The van der Waals surface area contributed by atoms with Crippen molar-refractivity contribution in [3.05, 3.63) is 89.0 Å². The lowest BCUT2D eigenvalue weighted by Crippen LogP contribution is -1.95. The van der Waals surface area contributed by atoms with Crippen molar-refractivity contribution >= 4 is 40.7 Å². The Morgan fingerprint density at radius 2 is 1.91 bits per heavy atom. The van der Waals surface area contributed by atoms with Gasteiger partial charge in [0.25, 0.3) is 0 Å². The lowest BCUT2D eigenvalue weighted by atomic mass is 10.1. The van der Waals surface area contributed by atoms with Gasteiger partial charge in [0.2, 0.25) is 5.95 Å². The zero-order valence-corrected chi connectivity index (χ0v) is 19.4. The molecule has 5 rings (SSSR count). The van der Waals surface area contributed by atoms with Crippen LogP contribution in [0.15, 0.2) is 81.5 Å². The molecular weight excluding hydrogens is 502 g/mol. The maximum atomic E-state index is 14.8. The van der Waals surface area contributed by atoms with E-state index in [4.69, 9.17) is 20.8 Å². The van der Waals surface area contributed by atoms with Crippen LogP contribution in [0.2, 0.25) is 5.02 Å². The number of ether oxygens (including phenoxy) is 1. The smallest absolute Gasteiger partial charge is 0.212 e. The maximum Gasteiger partial charge on any atom is 0.212 e. The molecule has 0 atom stereocenters. The van der Waals surface area contributed by atoms with Crippen molar-refractivity contribution in [2.75, 3.05) is 4.72 Å². The second-order valence-corrected chi connectivity index (χ2v) is 8.81. The number of thiazole rings is 1. The summed E-state index contributed by atoms with van der Waals surface area (Å²) in [7, 11) is 0. The summed E-state index contributed by atoms with van der Waals surface area (Å²) in [6.45, 7) is 0. The van der Waals surface area contributed by atoms with Gasteiger partial charge in [-0.2, -0.15) is 4.39 Å². The van der Waals surface area contributed by atoms with Gasteiger partial charge in [0.05, 0.1) is 39.8 Å². The van der Waals surface area contributed by atoms with E-state index in [0.29, 0.717) is 34.0 Å². The largest absolute Gasteiger partial charge is 0.472 e. The molecule has 0 unspecified atom stereocenters. The molecule has 1 aromatic carbocycles. The fourth-order valence-electron chi connectivity index (χ4n) is 3.01. The average molecular weight is 515 g/mol. The van der Waals surface area contributed by atoms with Gasteiger partial charge in [-0.05, 0) is 42.3 Å². The van der Waals surface area contributed by atoms with Gasteiger partial charge in [-0.3, -0.25) is 4.98 Å². The van der Waals surface area contributed by atoms with Crippen LogP contribution in [0.3, 0.4) is 0 Å². The zero-order valence-electron chi connectivity index (χ0n) is 17.0. The molecule has 170 valence electrons. The van der Waals surface area contributed by atoms with Crippen LogP contribution in [0.5, 0.6) is 11.5 Å². The number of benzene rings is 1. The molecule has 4 heterocycles. The Bertz CT molecular complexity index is 1420. The minimum absolute atomic E-state index is 0.125. The van der Waals surface area contributed by atoms with E-state index < -0.39 is 11.8 Å². The summed E-state index contributed by atoms with van der Waals surface area (Å²) in [5.74, 6) is -0.0154. The number of furan rings is 1. The van der Waals surface area contributed by atoms with Crippen LogP contribution in [0.25, 0.3) is 22.4 Å². The molecule has 0 spiro atoms. The number of anilines is 1. The van der Waals surface area contributed by atoms with Crippen molar-refractivity contribution < 1.29 is 17.9 Å². The molecule has 4 aromatic heterocycles. The Morgan fingerprint density at radius 3 is 2.65 bits per heavy atom. The molecule has 0 aliphatic rings. The predicted molar refractivity (Wildman–Crippen MR) is 128 cm³/mol. The number of halogens is 3. The van der Waals surface area contributed by atoms with E-state index in [0.717, 1.165) is 11.9 Å². The molecule has 0 radical (unpaired) electrons. The van der Waals surface area contributed by atoms with Crippen LogP contribution in [0.4, 0.5) is 14.6 Å². The van der Waals surface area contributed by atoms with Crippen molar-refractivity contribution in [3.63, 3.8) is 0 Å². The summed E-state index contributed by atoms with van der Waals surface area (Å²) < 4.78 is 42.1. The molecular formula is C23H13ClF2N4O2S2. The van der Waals surface area contributed by atoms with Gasteiger partial charge < -0.3 is 13.9 Å². The quantitative estimate of drug-likeness (QED) is 0.176. The Kier molecular flexibility index (Phi) is 6.43. The van der Waals surface area contributed by atoms with Gasteiger partial charge in [-0.25, -0.2) is 14.4 Å². The average Bonchev–Trinajstić information content (AvgIpc) is 3.56.